The van der Waals surface area contributed by atoms with Crippen LogP contribution in [0.2, 0.25) is 0 Å². The van der Waals surface area contributed by atoms with Crippen LogP contribution < -0.4 is 0 Å². The van der Waals surface area contributed by atoms with E-state index in [4.69, 9.17) is 0 Å². The van der Waals surface area contributed by atoms with E-state index in [0.717, 1.165) is 48.9 Å². The van der Waals surface area contributed by atoms with Gasteiger partial charge in [0.2, 0.25) is 10.0 Å². The zero-order valence-corrected chi connectivity index (χ0v) is 20.4. The van der Waals surface area contributed by atoms with E-state index in [-0.39, 0.29) is 24.6 Å². The Balaban J connectivity index is 1.60. The van der Waals surface area contributed by atoms with E-state index in [0.29, 0.717) is 18.0 Å². The maximum Gasteiger partial charge on any atom is 0.243 e. The third-order valence-corrected chi connectivity index (χ3v) is 8.97. The van der Waals surface area contributed by atoms with E-state index in [9.17, 15) is 13.5 Å². The highest BCUT2D eigenvalue weighted by Gasteiger charge is 2.50. The van der Waals surface area contributed by atoms with Gasteiger partial charge in [0.05, 0.1) is 11.5 Å². The first-order chi connectivity index (χ1) is 16.0. The van der Waals surface area contributed by atoms with Crippen LogP contribution in [0.3, 0.4) is 0 Å². The molecule has 0 saturated carbocycles. The molecule has 0 radical (unpaired) electrons. The lowest BCUT2D eigenvalue weighted by atomic mass is 9.74. The molecule has 0 spiro atoms. The fraction of sp³-hybridized carbons (Fsp3) is 0.481. The van der Waals surface area contributed by atoms with Gasteiger partial charge in [-0.05, 0) is 62.1 Å². The number of sulfonamides is 1. The summed E-state index contributed by atoms with van der Waals surface area (Å²) in [5.74, 6) is 6.48. The molecule has 176 valence electrons. The first kappa shape index (κ1) is 24.0. The largest absolute Gasteiger partial charge is 0.395 e. The van der Waals surface area contributed by atoms with Gasteiger partial charge >= 0.3 is 0 Å². The molecule has 0 aromatic heterocycles. The molecule has 2 aromatic rings. The van der Waals surface area contributed by atoms with E-state index in [1.807, 2.05) is 31.2 Å². The Kier molecular flexibility index (Phi) is 7.55. The van der Waals surface area contributed by atoms with Gasteiger partial charge in [-0.15, -0.1) is 0 Å². The molecule has 2 aromatic carbocycles. The third kappa shape index (κ3) is 4.88. The SMILES string of the molecule is CCCC#Cc1ccc([C@H]2[C@@H](CO)N3CCCCN(S(=O)(=O)c4ccccc4C)C[C@@H]23)cc1. The van der Waals surface area contributed by atoms with Crippen molar-refractivity contribution in [2.75, 3.05) is 26.2 Å². The number of nitrogens with zero attached hydrogens (tertiary/aromatic N) is 2. The standard InChI is InChI=1S/C27H34N2O3S/c1-3-4-5-11-22-13-15-23(16-14-22)27-24-19-28(17-8-9-18-29(24)25(27)20-30)33(31,32)26-12-7-6-10-21(26)2/h6-7,10,12-16,24-25,27,30H,3-4,8-9,17-20H2,1-2H3/t24-,25+,27+/m0/s1. The fourth-order valence-corrected chi connectivity index (χ4v) is 6.91. The molecule has 2 aliphatic rings. The predicted octanol–water partition coefficient (Wildman–Crippen LogP) is 3.76. The van der Waals surface area contributed by atoms with Crippen LogP contribution in [-0.4, -0.2) is 61.1 Å². The summed E-state index contributed by atoms with van der Waals surface area (Å²) in [4.78, 5) is 2.70. The van der Waals surface area contributed by atoms with Gasteiger partial charge < -0.3 is 5.11 Å². The quantitative estimate of drug-likeness (QED) is 0.682. The van der Waals surface area contributed by atoms with Crippen LogP contribution in [0.15, 0.2) is 53.4 Å². The molecule has 1 N–H and O–H groups in total. The van der Waals surface area contributed by atoms with Crippen molar-refractivity contribution in [2.24, 2.45) is 0 Å². The monoisotopic (exact) mass is 466 g/mol. The van der Waals surface area contributed by atoms with Crippen molar-refractivity contribution in [1.29, 1.82) is 0 Å². The maximum atomic E-state index is 13.6. The maximum absolute atomic E-state index is 13.6. The number of aliphatic hydroxyl groups is 1. The highest BCUT2D eigenvalue weighted by Crippen LogP contribution is 2.42. The van der Waals surface area contributed by atoms with Gasteiger partial charge in [0.25, 0.3) is 0 Å². The smallest absolute Gasteiger partial charge is 0.243 e. The number of unbranched alkanes of at least 4 members (excludes halogenated alkanes) is 1. The third-order valence-electron chi connectivity index (χ3n) is 6.95. The molecule has 2 heterocycles. The van der Waals surface area contributed by atoms with Crippen LogP contribution in [0.4, 0.5) is 0 Å². The van der Waals surface area contributed by atoms with Crippen LogP contribution in [-0.2, 0) is 10.0 Å². The summed E-state index contributed by atoms with van der Waals surface area (Å²) in [6, 6.07) is 15.6. The lowest BCUT2D eigenvalue weighted by Gasteiger charge is -2.57. The first-order valence-corrected chi connectivity index (χ1v) is 13.4. The van der Waals surface area contributed by atoms with Crippen LogP contribution in [0.1, 0.15) is 55.2 Å². The lowest BCUT2D eigenvalue weighted by Crippen LogP contribution is -2.67. The van der Waals surface area contributed by atoms with Crippen molar-refractivity contribution in [2.45, 2.75) is 62.4 Å². The van der Waals surface area contributed by atoms with Crippen molar-refractivity contribution in [3.63, 3.8) is 0 Å². The van der Waals surface area contributed by atoms with Crippen LogP contribution in [0, 0.1) is 18.8 Å². The molecule has 0 bridgehead atoms. The molecule has 4 rings (SSSR count). The molecule has 3 atom stereocenters. The van der Waals surface area contributed by atoms with Crippen molar-refractivity contribution in [1.82, 2.24) is 9.21 Å². The minimum atomic E-state index is -3.58. The molecule has 0 unspecified atom stereocenters. The van der Waals surface area contributed by atoms with E-state index in [2.05, 4.69) is 35.8 Å². The van der Waals surface area contributed by atoms with Crippen molar-refractivity contribution >= 4 is 10.0 Å². The van der Waals surface area contributed by atoms with E-state index in [1.165, 1.54) is 0 Å². The van der Waals surface area contributed by atoms with Gasteiger partial charge in [-0.25, -0.2) is 8.42 Å². The molecule has 33 heavy (non-hydrogen) atoms. The van der Waals surface area contributed by atoms with E-state index >= 15 is 0 Å². The van der Waals surface area contributed by atoms with Crippen molar-refractivity contribution in [3.8, 4) is 11.8 Å². The topological polar surface area (TPSA) is 60.9 Å². The molecule has 5 nitrogen and oxygen atoms in total. The molecule has 6 heteroatoms. The number of benzene rings is 2. The lowest BCUT2D eigenvalue weighted by molar-refractivity contribution is -0.0553. The second kappa shape index (κ2) is 10.4. The molecular weight excluding hydrogens is 432 g/mol. The van der Waals surface area contributed by atoms with Gasteiger partial charge in [-0.1, -0.05) is 49.1 Å². The average Bonchev–Trinajstić information content (AvgIpc) is 2.79. The Hall–Kier alpha value is -2.17. The summed E-state index contributed by atoms with van der Waals surface area (Å²) in [7, 11) is -3.58. The highest BCUT2D eigenvalue weighted by molar-refractivity contribution is 7.89. The Morgan fingerprint density at radius 2 is 1.79 bits per heavy atom. The minimum Gasteiger partial charge on any atom is -0.395 e. The average molecular weight is 467 g/mol. The van der Waals surface area contributed by atoms with Crippen molar-refractivity contribution < 1.29 is 13.5 Å². The van der Waals surface area contributed by atoms with Crippen molar-refractivity contribution in [3.05, 3.63) is 65.2 Å². The normalized spacial score (nSPS) is 24.0. The van der Waals surface area contributed by atoms with E-state index in [1.54, 1.807) is 16.4 Å². The fourth-order valence-electron chi connectivity index (χ4n) is 5.19. The van der Waals surface area contributed by atoms with E-state index < -0.39 is 10.0 Å². The summed E-state index contributed by atoms with van der Waals surface area (Å²) < 4.78 is 28.8. The summed E-state index contributed by atoms with van der Waals surface area (Å²) in [5.41, 5.74) is 2.91. The summed E-state index contributed by atoms with van der Waals surface area (Å²) in [6.07, 6.45) is 3.68. The Morgan fingerprint density at radius 3 is 2.48 bits per heavy atom. The zero-order valence-electron chi connectivity index (χ0n) is 19.6. The number of hydrogen-bond acceptors (Lipinski definition) is 4. The van der Waals surface area contributed by atoms with Gasteiger partial charge in [0, 0.05) is 43.1 Å². The molecular formula is C27H34N2O3S. The van der Waals surface area contributed by atoms with Gasteiger partial charge in [-0.2, -0.15) is 4.31 Å². The number of aryl methyl sites for hydroxylation is 1. The highest BCUT2D eigenvalue weighted by atomic mass is 32.2. The molecule has 0 amide bonds. The van der Waals surface area contributed by atoms with Gasteiger partial charge in [-0.3, -0.25) is 4.90 Å². The second-order valence-corrected chi connectivity index (χ2v) is 11.0. The Labute approximate surface area is 198 Å². The van der Waals surface area contributed by atoms with Crippen LogP contribution in [0.25, 0.3) is 0 Å². The van der Waals surface area contributed by atoms with Gasteiger partial charge in [0.15, 0.2) is 0 Å². The number of rotatable bonds is 5. The zero-order chi connectivity index (χ0) is 23.4. The summed E-state index contributed by atoms with van der Waals surface area (Å²) in [6.45, 7) is 5.91. The number of aliphatic hydroxyl groups excluding tert-OH is 1. The summed E-state index contributed by atoms with van der Waals surface area (Å²) in [5, 5.41) is 10.2. The first-order valence-electron chi connectivity index (χ1n) is 12.0. The number of hydrogen-bond donors (Lipinski definition) is 1. The number of fused-ring (bicyclic) bond motifs is 1. The van der Waals surface area contributed by atoms with Crippen LogP contribution in [0.5, 0.6) is 0 Å². The van der Waals surface area contributed by atoms with Gasteiger partial charge in [0.1, 0.15) is 0 Å². The molecule has 2 fully saturated rings. The predicted molar refractivity (Wildman–Crippen MR) is 132 cm³/mol. The Bertz CT molecular complexity index is 1120. The molecule has 2 saturated heterocycles. The molecule has 0 aliphatic carbocycles. The summed E-state index contributed by atoms with van der Waals surface area (Å²) >= 11 is 0. The minimum absolute atomic E-state index is 0.0214. The Morgan fingerprint density at radius 1 is 1.06 bits per heavy atom. The van der Waals surface area contributed by atoms with Crippen LogP contribution >= 0.6 is 0 Å². The molecule has 2 aliphatic heterocycles. The second-order valence-electron chi connectivity index (χ2n) is 9.09.